The first-order chi connectivity index (χ1) is 19.1. The highest BCUT2D eigenvalue weighted by atomic mass is 79.9. The average molecular weight is 612 g/mol. The van der Waals surface area contributed by atoms with Crippen molar-refractivity contribution in [3.05, 3.63) is 69.2 Å². The van der Waals surface area contributed by atoms with Crippen LogP contribution in [0.4, 0.5) is 5.69 Å². The van der Waals surface area contributed by atoms with Crippen molar-refractivity contribution in [1.29, 1.82) is 0 Å². The Balaban J connectivity index is 1.60. The van der Waals surface area contributed by atoms with Gasteiger partial charge in [-0.25, -0.2) is 0 Å². The number of rotatable bonds is 10. The van der Waals surface area contributed by atoms with Crippen molar-refractivity contribution in [2.45, 2.75) is 52.1 Å². The van der Waals surface area contributed by atoms with E-state index in [0.29, 0.717) is 36.8 Å². The van der Waals surface area contributed by atoms with E-state index in [1.54, 1.807) is 24.3 Å². The van der Waals surface area contributed by atoms with Crippen molar-refractivity contribution in [3.8, 4) is 5.75 Å². The fraction of sp³-hybridized carbons (Fsp3) is 0.400. The van der Waals surface area contributed by atoms with E-state index in [0.717, 1.165) is 26.9 Å². The molecular formula is C30H35BBrNO7. The Morgan fingerprint density at radius 1 is 1.18 bits per heavy atom. The maximum absolute atomic E-state index is 13.7. The lowest BCUT2D eigenvalue weighted by Crippen LogP contribution is -2.39. The van der Waals surface area contributed by atoms with E-state index >= 15 is 0 Å². The number of hydrogen-bond acceptors (Lipinski definition) is 7. The minimum Gasteiger partial charge on any atom is -0.507 e. The van der Waals surface area contributed by atoms with Crippen LogP contribution in [-0.2, 0) is 9.59 Å². The number of carbonyl (C=O) groups excluding carboxylic acids is 2. The summed E-state index contributed by atoms with van der Waals surface area (Å²) in [6, 6.07) is 11.2. The summed E-state index contributed by atoms with van der Waals surface area (Å²) in [6.07, 6.45) is 3.58. The summed E-state index contributed by atoms with van der Waals surface area (Å²) in [5, 5.41) is 51.3. The number of imide groups is 1. The smallest absolute Gasteiger partial charge is 0.488 e. The number of fused-ring (bicyclic) bond motifs is 1. The molecule has 0 aromatic heterocycles. The Bertz CT molecular complexity index is 1340. The van der Waals surface area contributed by atoms with Crippen molar-refractivity contribution >= 4 is 52.1 Å². The van der Waals surface area contributed by atoms with Crippen LogP contribution in [-0.4, -0.2) is 57.0 Å². The Morgan fingerprint density at radius 3 is 2.60 bits per heavy atom. The van der Waals surface area contributed by atoms with Crippen LogP contribution in [0.5, 0.6) is 5.75 Å². The van der Waals surface area contributed by atoms with Gasteiger partial charge in [-0.05, 0) is 74.0 Å². The van der Waals surface area contributed by atoms with Gasteiger partial charge in [0, 0.05) is 16.0 Å². The number of phenols is 1. The second-order valence-electron chi connectivity index (χ2n) is 10.7. The molecule has 0 unspecified atom stereocenters. The SMILES string of the molecule is CCCC1=C([C@H](O)CC/C(C)=C/c2cc(Br)ccc2O)[C@H](CO)[C@@H]2C(=O)N(c3cccc(B(O)O)c3)C(=O)[C@@H]2C1. The summed E-state index contributed by atoms with van der Waals surface area (Å²) in [7, 11) is -1.75. The van der Waals surface area contributed by atoms with Crippen molar-refractivity contribution in [3.63, 3.8) is 0 Å². The molecule has 1 aliphatic heterocycles. The highest BCUT2D eigenvalue weighted by molar-refractivity contribution is 9.10. The van der Waals surface area contributed by atoms with E-state index in [4.69, 9.17) is 0 Å². The standard InChI is InChI=1S/C30H35BBrNO7/c1-3-5-18-14-23-28(30(38)33(29(23)37)22-7-4-6-20(15-22)31(39)40)24(16-34)27(18)26(36)10-8-17(2)12-19-13-21(32)9-11-25(19)35/h4,6-7,9,11-13,15,23-24,26,28,34-36,39-40H,3,5,8,10,14,16H2,1-2H3/b17-12+/t23-,24+,26-,28-/m1/s1. The Hall–Kier alpha value is -2.76. The number of phenolic OH excluding ortho intramolecular Hbond substituents is 1. The molecular weight excluding hydrogens is 577 g/mol. The number of anilines is 1. The summed E-state index contributed by atoms with van der Waals surface area (Å²) >= 11 is 3.41. The fourth-order valence-electron chi connectivity index (χ4n) is 6.08. The van der Waals surface area contributed by atoms with E-state index < -0.39 is 36.9 Å². The number of aromatic hydroxyl groups is 1. The lowest BCUT2D eigenvalue weighted by atomic mass is 9.67. The summed E-state index contributed by atoms with van der Waals surface area (Å²) in [6.45, 7) is 3.54. The Labute approximate surface area is 242 Å². The maximum Gasteiger partial charge on any atom is 0.488 e. The predicted molar refractivity (Wildman–Crippen MR) is 158 cm³/mol. The second-order valence-corrected chi connectivity index (χ2v) is 11.6. The highest BCUT2D eigenvalue weighted by Crippen LogP contribution is 2.48. The van der Waals surface area contributed by atoms with Crippen LogP contribution in [0.1, 0.15) is 51.5 Å². The molecule has 2 aromatic carbocycles. The molecule has 4 rings (SSSR count). The molecule has 2 amide bonds. The predicted octanol–water partition coefficient (Wildman–Crippen LogP) is 3.29. The van der Waals surface area contributed by atoms with Gasteiger partial charge >= 0.3 is 7.12 Å². The average Bonchev–Trinajstić information content (AvgIpc) is 3.17. The zero-order chi connectivity index (χ0) is 29.1. The van der Waals surface area contributed by atoms with Crippen LogP contribution in [0.2, 0.25) is 0 Å². The molecule has 2 aliphatic rings. The zero-order valence-electron chi connectivity index (χ0n) is 22.6. The lowest BCUT2D eigenvalue weighted by Gasteiger charge is -2.36. The van der Waals surface area contributed by atoms with Gasteiger partial charge < -0.3 is 25.4 Å². The van der Waals surface area contributed by atoms with Gasteiger partial charge in [-0.15, -0.1) is 0 Å². The number of aliphatic hydroxyl groups excluding tert-OH is 2. The molecule has 5 N–H and O–H groups in total. The van der Waals surface area contributed by atoms with Crippen LogP contribution in [0.3, 0.4) is 0 Å². The van der Waals surface area contributed by atoms with Gasteiger partial charge in [0.05, 0.1) is 30.2 Å². The number of nitrogens with zero attached hydrogens (tertiary/aromatic N) is 1. The molecule has 1 fully saturated rings. The van der Waals surface area contributed by atoms with Crippen molar-refractivity contribution in [2.75, 3.05) is 11.5 Å². The van der Waals surface area contributed by atoms with Crippen LogP contribution in [0, 0.1) is 17.8 Å². The number of hydrogen-bond donors (Lipinski definition) is 5. The Morgan fingerprint density at radius 2 is 1.93 bits per heavy atom. The lowest BCUT2D eigenvalue weighted by molar-refractivity contribution is -0.123. The van der Waals surface area contributed by atoms with E-state index in [1.807, 2.05) is 26.0 Å². The van der Waals surface area contributed by atoms with E-state index in [1.165, 1.54) is 12.1 Å². The number of carbonyl (C=O) groups is 2. The first kappa shape index (κ1) is 30.2. The van der Waals surface area contributed by atoms with Gasteiger partial charge in [-0.2, -0.15) is 0 Å². The van der Waals surface area contributed by atoms with Crippen molar-refractivity contribution in [2.24, 2.45) is 17.8 Å². The van der Waals surface area contributed by atoms with Gasteiger partial charge in [0.2, 0.25) is 11.8 Å². The molecule has 0 spiro atoms. The molecule has 0 bridgehead atoms. The largest absolute Gasteiger partial charge is 0.507 e. The number of halogens is 1. The molecule has 10 heteroatoms. The molecule has 4 atom stereocenters. The summed E-state index contributed by atoms with van der Waals surface area (Å²) in [4.78, 5) is 28.3. The third-order valence-electron chi connectivity index (χ3n) is 7.92. The molecule has 0 saturated carbocycles. The quantitative estimate of drug-likeness (QED) is 0.158. The van der Waals surface area contributed by atoms with Crippen LogP contribution in [0.15, 0.2) is 63.7 Å². The zero-order valence-corrected chi connectivity index (χ0v) is 24.2. The third-order valence-corrected chi connectivity index (χ3v) is 8.42. The topological polar surface area (TPSA) is 139 Å². The van der Waals surface area contributed by atoms with E-state index in [2.05, 4.69) is 15.9 Å². The monoisotopic (exact) mass is 611 g/mol. The second kappa shape index (κ2) is 12.8. The summed E-state index contributed by atoms with van der Waals surface area (Å²) in [5.41, 5.74) is 3.57. The number of aliphatic hydroxyl groups is 2. The molecule has 1 heterocycles. The number of amides is 2. The van der Waals surface area contributed by atoms with E-state index in [9.17, 15) is 35.0 Å². The molecule has 1 aliphatic carbocycles. The maximum atomic E-state index is 13.7. The molecule has 40 heavy (non-hydrogen) atoms. The van der Waals surface area contributed by atoms with Crippen LogP contribution in [0.25, 0.3) is 6.08 Å². The van der Waals surface area contributed by atoms with Gasteiger partial charge in [-0.1, -0.05) is 58.6 Å². The first-order valence-electron chi connectivity index (χ1n) is 13.6. The molecule has 8 nitrogen and oxygen atoms in total. The normalized spacial score (nSPS) is 22.1. The summed E-state index contributed by atoms with van der Waals surface area (Å²) in [5.74, 6) is -2.87. The molecule has 1 saturated heterocycles. The van der Waals surface area contributed by atoms with E-state index in [-0.39, 0.29) is 29.4 Å². The van der Waals surface area contributed by atoms with Gasteiger partial charge in [0.25, 0.3) is 0 Å². The van der Waals surface area contributed by atoms with Gasteiger partial charge in [-0.3, -0.25) is 14.5 Å². The third kappa shape index (κ3) is 6.11. The minimum atomic E-state index is -1.75. The minimum absolute atomic E-state index is 0.155. The fourth-order valence-corrected chi connectivity index (χ4v) is 6.45. The van der Waals surface area contributed by atoms with Crippen molar-refractivity contribution < 1.29 is 35.0 Å². The molecule has 2 aromatic rings. The molecule has 0 radical (unpaired) electrons. The number of allylic oxidation sites excluding steroid dienone is 2. The van der Waals surface area contributed by atoms with Gasteiger partial charge in [0.15, 0.2) is 0 Å². The molecule has 212 valence electrons. The number of benzene rings is 2. The first-order valence-corrected chi connectivity index (χ1v) is 14.4. The van der Waals surface area contributed by atoms with Gasteiger partial charge in [0.1, 0.15) is 5.75 Å². The van der Waals surface area contributed by atoms with Crippen molar-refractivity contribution in [1.82, 2.24) is 0 Å². The van der Waals surface area contributed by atoms with Crippen LogP contribution < -0.4 is 10.4 Å². The highest BCUT2D eigenvalue weighted by Gasteiger charge is 2.55. The Kier molecular flexibility index (Phi) is 9.69. The summed E-state index contributed by atoms with van der Waals surface area (Å²) < 4.78 is 0.838. The van der Waals surface area contributed by atoms with Crippen LogP contribution >= 0.6 is 15.9 Å².